The summed E-state index contributed by atoms with van der Waals surface area (Å²) >= 11 is 0. The number of aromatic nitrogens is 1. The van der Waals surface area contributed by atoms with Gasteiger partial charge in [0.15, 0.2) is 0 Å². The second kappa shape index (κ2) is 9.48. The highest BCUT2D eigenvalue weighted by Crippen LogP contribution is 2.41. The van der Waals surface area contributed by atoms with Gasteiger partial charge in [-0.15, -0.1) is 0 Å². The maximum Gasteiger partial charge on any atom is 0.295 e. The zero-order chi connectivity index (χ0) is 23.4. The Bertz CT molecular complexity index is 1220. The zero-order valence-corrected chi connectivity index (χ0v) is 17.6. The van der Waals surface area contributed by atoms with E-state index in [0.29, 0.717) is 11.3 Å². The Kier molecular flexibility index (Phi) is 6.31. The van der Waals surface area contributed by atoms with Gasteiger partial charge in [-0.25, -0.2) is 4.39 Å². The molecule has 2 heterocycles. The summed E-state index contributed by atoms with van der Waals surface area (Å²) in [6.45, 7) is 4.03. The minimum atomic E-state index is -0.873. The molecule has 1 N–H and O–H groups in total. The molecule has 0 spiro atoms. The summed E-state index contributed by atoms with van der Waals surface area (Å²) in [7, 11) is 0. The molecule has 1 saturated heterocycles. The molecule has 1 aliphatic heterocycles. The third-order valence-corrected chi connectivity index (χ3v) is 5.28. The number of carbonyl (C=O) groups excluding carboxylic acids is 2. The lowest BCUT2D eigenvalue weighted by atomic mass is 9.95. The van der Waals surface area contributed by atoms with Crippen LogP contribution in [0.1, 0.15) is 22.7 Å². The highest BCUT2D eigenvalue weighted by Gasteiger charge is 2.46. The average Bonchev–Trinajstić information content (AvgIpc) is 3.08. The third-order valence-electron chi connectivity index (χ3n) is 5.28. The summed E-state index contributed by atoms with van der Waals surface area (Å²) in [6, 6.07) is 14.7. The quantitative estimate of drug-likeness (QED) is 0.253. The minimum Gasteiger partial charge on any atom is -0.507 e. The van der Waals surface area contributed by atoms with Gasteiger partial charge >= 0.3 is 0 Å². The number of halogens is 1. The first-order chi connectivity index (χ1) is 16.0. The number of hydrogen-bond acceptors (Lipinski definition) is 5. The van der Waals surface area contributed by atoms with E-state index >= 15 is 0 Å². The molecule has 1 amide bonds. The highest BCUT2D eigenvalue weighted by molar-refractivity contribution is 6.46. The zero-order valence-electron chi connectivity index (χ0n) is 17.6. The maximum atomic E-state index is 13.4. The second-order valence-electron chi connectivity index (χ2n) is 7.47. The van der Waals surface area contributed by atoms with Crippen LogP contribution in [0.4, 0.5) is 4.39 Å². The van der Waals surface area contributed by atoms with E-state index in [0.717, 1.165) is 5.56 Å². The predicted octanol–water partition coefficient (Wildman–Crippen LogP) is 4.41. The molecule has 1 atom stereocenters. The number of likely N-dealkylation sites (tertiary alicyclic amines) is 1. The number of ether oxygens (including phenoxy) is 1. The third kappa shape index (κ3) is 4.52. The Labute approximate surface area is 190 Å². The molecule has 0 bridgehead atoms. The Morgan fingerprint density at radius 3 is 2.64 bits per heavy atom. The lowest BCUT2D eigenvalue weighted by Crippen LogP contribution is -2.29. The fraction of sp³-hybridized carbons (Fsp3) is 0.115. The SMILES string of the molecule is C=CCOc1cccc([C@@H]2C(=C(O)c3ccc(F)cc3)C(=O)C(=O)N2Cc2cccnc2)c1. The van der Waals surface area contributed by atoms with E-state index in [4.69, 9.17) is 4.74 Å². The Morgan fingerprint density at radius 1 is 1.15 bits per heavy atom. The number of Topliss-reactive ketones (excluding diaryl/α,β-unsaturated/α-hetero) is 1. The number of aliphatic hydroxyl groups is 1. The number of rotatable bonds is 7. The van der Waals surface area contributed by atoms with Gasteiger partial charge in [0.1, 0.15) is 23.9 Å². The molecule has 2 aromatic carbocycles. The molecule has 33 heavy (non-hydrogen) atoms. The van der Waals surface area contributed by atoms with Crippen molar-refractivity contribution in [1.82, 2.24) is 9.88 Å². The van der Waals surface area contributed by atoms with Crippen LogP contribution in [0.3, 0.4) is 0 Å². The Morgan fingerprint density at radius 2 is 1.94 bits per heavy atom. The molecule has 3 aromatic rings. The predicted molar refractivity (Wildman–Crippen MR) is 121 cm³/mol. The van der Waals surface area contributed by atoms with Gasteiger partial charge < -0.3 is 14.7 Å². The van der Waals surface area contributed by atoms with Crippen LogP contribution in [0, 0.1) is 5.82 Å². The van der Waals surface area contributed by atoms with Crippen molar-refractivity contribution in [3.63, 3.8) is 0 Å². The standard InChI is InChI=1S/C26H21FN2O4/c1-2-13-33-21-7-3-6-19(14-21)23-22(24(30)18-8-10-20(27)11-9-18)25(31)26(32)29(23)16-17-5-4-12-28-15-17/h2-12,14-15,23,30H,1,13,16H2/t23-/m1/s1. The van der Waals surface area contributed by atoms with Crippen LogP contribution in [-0.2, 0) is 16.1 Å². The summed E-state index contributed by atoms with van der Waals surface area (Å²) in [5.74, 6) is -1.88. The monoisotopic (exact) mass is 444 g/mol. The molecular weight excluding hydrogens is 423 g/mol. The topological polar surface area (TPSA) is 79.7 Å². The average molecular weight is 444 g/mol. The number of benzene rings is 2. The fourth-order valence-electron chi connectivity index (χ4n) is 3.77. The van der Waals surface area contributed by atoms with Crippen molar-refractivity contribution in [3.05, 3.63) is 114 Å². The van der Waals surface area contributed by atoms with Crippen molar-refractivity contribution in [2.45, 2.75) is 12.6 Å². The van der Waals surface area contributed by atoms with Crippen molar-refractivity contribution >= 4 is 17.4 Å². The van der Waals surface area contributed by atoms with Gasteiger partial charge in [0.2, 0.25) is 0 Å². The van der Waals surface area contributed by atoms with E-state index in [1.54, 1.807) is 54.9 Å². The first kappa shape index (κ1) is 22.0. The molecule has 1 aromatic heterocycles. The Balaban J connectivity index is 1.84. The van der Waals surface area contributed by atoms with E-state index in [9.17, 15) is 19.1 Å². The van der Waals surface area contributed by atoms with Gasteiger partial charge in [0.05, 0.1) is 11.6 Å². The second-order valence-corrected chi connectivity index (χ2v) is 7.47. The van der Waals surface area contributed by atoms with Crippen molar-refractivity contribution in [3.8, 4) is 5.75 Å². The van der Waals surface area contributed by atoms with Crippen molar-refractivity contribution in [2.75, 3.05) is 6.61 Å². The maximum absolute atomic E-state index is 13.4. The van der Waals surface area contributed by atoms with Gasteiger partial charge in [-0.05, 0) is 53.6 Å². The van der Waals surface area contributed by atoms with E-state index in [-0.39, 0.29) is 30.0 Å². The molecule has 166 valence electrons. The molecule has 0 saturated carbocycles. The van der Waals surface area contributed by atoms with E-state index in [1.807, 2.05) is 0 Å². The fourth-order valence-corrected chi connectivity index (χ4v) is 3.77. The molecule has 4 rings (SSSR count). The van der Waals surface area contributed by atoms with Crippen molar-refractivity contribution < 1.29 is 23.8 Å². The van der Waals surface area contributed by atoms with Crippen molar-refractivity contribution in [2.24, 2.45) is 0 Å². The van der Waals surface area contributed by atoms with E-state index < -0.39 is 23.5 Å². The molecule has 0 unspecified atom stereocenters. The Hall–Kier alpha value is -4.26. The smallest absolute Gasteiger partial charge is 0.295 e. The largest absolute Gasteiger partial charge is 0.507 e. The molecule has 7 heteroatoms. The number of ketones is 1. The number of pyridine rings is 1. The van der Waals surface area contributed by atoms with Crippen LogP contribution in [0.2, 0.25) is 0 Å². The number of aliphatic hydroxyl groups excluding tert-OH is 1. The van der Waals surface area contributed by atoms with Gasteiger partial charge in [0.25, 0.3) is 11.7 Å². The van der Waals surface area contributed by atoms with Crippen LogP contribution < -0.4 is 4.74 Å². The molecule has 1 aliphatic rings. The normalized spacial score (nSPS) is 17.2. The van der Waals surface area contributed by atoms with Crippen LogP contribution in [-0.4, -0.2) is 33.3 Å². The first-order valence-electron chi connectivity index (χ1n) is 10.3. The minimum absolute atomic E-state index is 0.0728. The lowest BCUT2D eigenvalue weighted by molar-refractivity contribution is -0.140. The van der Waals surface area contributed by atoms with Gasteiger partial charge in [0, 0.05) is 24.5 Å². The number of carbonyl (C=O) groups is 2. The van der Waals surface area contributed by atoms with E-state index in [1.165, 1.54) is 29.2 Å². The molecule has 6 nitrogen and oxygen atoms in total. The van der Waals surface area contributed by atoms with Crippen LogP contribution >= 0.6 is 0 Å². The van der Waals surface area contributed by atoms with Crippen molar-refractivity contribution in [1.29, 1.82) is 0 Å². The molecule has 0 aliphatic carbocycles. The molecular formula is C26H21FN2O4. The highest BCUT2D eigenvalue weighted by atomic mass is 19.1. The summed E-state index contributed by atoms with van der Waals surface area (Å²) in [6.07, 6.45) is 4.83. The van der Waals surface area contributed by atoms with Gasteiger partial charge in [-0.1, -0.05) is 30.9 Å². The first-order valence-corrected chi connectivity index (χ1v) is 10.3. The number of hydrogen-bond donors (Lipinski definition) is 1. The van der Waals surface area contributed by atoms with Gasteiger partial charge in [-0.2, -0.15) is 0 Å². The summed E-state index contributed by atoms with van der Waals surface area (Å²) in [5.41, 5.74) is 1.48. The van der Waals surface area contributed by atoms with Crippen LogP contribution in [0.15, 0.2) is 91.3 Å². The van der Waals surface area contributed by atoms with Crippen LogP contribution in [0.5, 0.6) is 5.75 Å². The summed E-state index contributed by atoms with van der Waals surface area (Å²) in [5, 5.41) is 11.0. The summed E-state index contributed by atoms with van der Waals surface area (Å²) < 4.78 is 19.0. The van der Waals surface area contributed by atoms with Crippen LogP contribution in [0.25, 0.3) is 5.76 Å². The van der Waals surface area contributed by atoms with Gasteiger partial charge in [-0.3, -0.25) is 14.6 Å². The lowest BCUT2D eigenvalue weighted by Gasteiger charge is -2.25. The number of amides is 1. The molecule has 1 fully saturated rings. The number of nitrogens with zero attached hydrogens (tertiary/aromatic N) is 2. The summed E-state index contributed by atoms with van der Waals surface area (Å²) in [4.78, 5) is 31.6. The molecule has 0 radical (unpaired) electrons. The van der Waals surface area contributed by atoms with E-state index in [2.05, 4.69) is 11.6 Å².